The van der Waals surface area contributed by atoms with Gasteiger partial charge in [-0.2, -0.15) is 0 Å². The average molecular weight is 519 g/mol. The largest absolute Gasteiger partial charge is 1.00 e. The van der Waals surface area contributed by atoms with Gasteiger partial charge in [-0.05, 0) is 37.3 Å². The van der Waals surface area contributed by atoms with Crippen LogP contribution in [0.4, 0.5) is 5.69 Å². The quantitative estimate of drug-likeness (QED) is 0.390. The van der Waals surface area contributed by atoms with Crippen molar-refractivity contribution in [2.45, 2.75) is 6.92 Å². The molecular weight excluding hydrogens is 500 g/mol. The van der Waals surface area contributed by atoms with Gasteiger partial charge in [0, 0.05) is 46.1 Å². The Hall–Kier alpha value is -0.508. The number of hydrogen-bond acceptors (Lipinski definition) is 3. The topological polar surface area (TPSA) is 19.4 Å². The first kappa shape index (κ1) is 23.8. The zero-order valence-electron chi connectivity index (χ0n) is 12.3. The number of likely N-dealkylation sites (N-methyl/N-ethyl adjacent to an activating group) is 1. The van der Waals surface area contributed by atoms with Gasteiger partial charge in [0.1, 0.15) is 0 Å². The van der Waals surface area contributed by atoms with Gasteiger partial charge in [0.2, 0.25) is 0 Å². The zero-order valence-corrected chi connectivity index (χ0v) is 17.1. The van der Waals surface area contributed by atoms with Crippen molar-refractivity contribution < 1.29 is 54.4 Å². The summed E-state index contributed by atoms with van der Waals surface area (Å²) in [4.78, 5) is 3.78. The fourth-order valence-electron chi connectivity index (χ4n) is 1.71. The summed E-state index contributed by atoms with van der Waals surface area (Å²) >= 11 is 0. The van der Waals surface area contributed by atoms with E-state index in [-0.39, 0.29) is 54.4 Å². The Bertz CT molecular complexity index is 485. The van der Waals surface area contributed by atoms with Crippen molar-refractivity contribution in [3.8, 4) is 0 Å². The number of halogens is 2. The molecule has 0 bridgehead atoms. The maximum Gasteiger partial charge on any atom is 0.0807 e. The van der Waals surface area contributed by atoms with E-state index in [2.05, 4.69) is 53.4 Å². The first-order chi connectivity index (χ1) is 9.29. The first-order valence-corrected chi connectivity index (χ1v) is 6.24. The first-order valence-electron chi connectivity index (χ1n) is 6.24. The summed E-state index contributed by atoms with van der Waals surface area (Å²) in [5, 5.41) is 4.24. The Morgan fingerprint density at radius 3 is 1.77 bits per heavy atom. The van der Waals surface area contributed by atoms with E-state index in [4.69, 9.17) is 0 Å². The summed E-state index contributed by atoms with van der Waals surface area (Å²) in [6.45, 7) is 2.10. The summed E-state index contributed by atoms with van der Waals surface area (Å²) in [5.74, 6) is 0. The van der Waals surface area contributed by atoms with Crippen molar-refractivity contribution in [2.24, 2.45) is 0 Å². The average Bonchev–Trinajstić information content (AvgIpc) is 2.82. The number of hydrazine groups is 1. The molecule has 0 spiro atoms. The number of anilines is 1. The Labute approximate surface area is 167 Å². The predicted octanol–water partition coefficient (Wildman–Crippen LogP) is -2.49. The standard InChI is InChI=1S/C11H13N2.C5H5N.2BrH.Pd/c1-10-8-9-13(12(10)2)11-6-4-3-5-7-11;1-2-4-6-5-3-1;;;/h3-9H,1-2H3;1-5H;2*1H;/p-2. The monoisotopic (exact) mass is 516 g/mol. The zero-order chi connectivity index (χ0) is 13.5. The second kappa shape index (κ2) is 13.0. The molecule has 22 heavy (non-hydrogen) atoms. The molecule has 123 valence electrons. The van der Waals surface area contributed by atoms with E-state index in [0.717, 1.165) is 0 Å². The molecule has 3 nitrogen and oxygen atoms in total. The molecule has 2 aromatic rings. The summed E-state index contributed by atoms with van der Waals surface area (Å²) in [7, 11) is 2.06. The van der Waals surface area contributed by atoms with Crippen LogP contribution in [0.5, 0.6) is 0 Å². The van der Waals surface area contributed by atoms with Crippen LogP contribution < -0.4 is 39.0 Å². The van der Waals surface area contributed by atoms with Gasteiger partial charge in [-0.1, -0.05) is 24.3 Å². The van der Waals surface area contributed by atoms with E-state index in [1.165, 1.54) is 11.7 Å². The molecule has 0 saturated heterocycles. The molecule has 1 aliphatic heterocycles. The fourth-order valence-corrected chi connectivity index (χ4v) is 1.71. The van der Waals surface area contributed by atoms with E-state index in [1.807, 2.05) is 36.4 Å². The van der Waals surface area contributed by atoms with Crippen LogP contribution in [0, 0.1) is 6.04 Å². The van der Waals surface area contributed by atoms with E-state index in [1.54, 1.807) is 12.4 Å². The Morgan fingerprint density at radius 2 is 1.41 bits per heavy atom. The SMILES string of the molecule is C[C]1C=CN(c2ccccc2)N1C.[Br-].[Br-].[Pd].c1ccncc1. The number of hydrogen-bond donors (Lipinski definition) is 0. The minimum atomic E-state index is 0. The van der Waals surface area contributed by atoms with Crippen LogP contribution in [0.2, 0.25) is 0 Å². The molecule has 0 N–H and O–H groups in total. The normalized spacial score (nSPS) is 13.1. The van der Waals surface area contributed by atoms with Crippen molar-refractivity contribution in [3.05, 3.63) is 79.2 Å². The number of pyridine rings is 1. The second-order valence-corrected chi connectivity index (χ2v) is 4.19. The fraction of sp³-hybridized carbons (Fsp3) is 0.125. The Balaban J connectivity index is 0. The molecule has 0 saturated carbocycles. The molecule has 1 aromatic heterocycles. The van der Waals surface area contributed by atoms with Crippen LogP contribution in [0.15, 0.2) is 73.2 Å². The molecular formula is C16H18Br2N3Pd-2. The third kappa shape index (κ3) is 7.17. The van der Waals surface area contributed by atoms with Crippen molar-refractivity contribution in [2.75, 3.05) is 12.1 Å². The molecule has 0 aliphatic carbocycles. The number of benzene rings is 1. The van der Waals surface area contributed by atoms with E-state index in [9.17, 15) is 0 Å². The third-order valence-corrected chi connectivity index (χ3v) is 2.88. The molecule has 1 aromatic carbocycles. The van der Waals surface area contributed by atoms with Crippen molar-refractivity contribution in [1.82, 2.24) is 9.99 Å². The van der Waals surface area contributed by atoms with Crippen molar-refractivity contribution >= 4 is 5.69 Å². The minimum Gasteiger partial charge on any atom is -1.00 e. The number of aromatic nitrogens is 1. The van der Waals surface area contributed by atoms with Crippen LogP contribution >= 0.6 is 0 Å². The second-order valence-electron chi connectivity index (χ2n) is 4.19. The van der Waals surface area contributed by atoms with Gasteiger partial charge in [-0.25, -0.2) is 5.01 Å². The molecule has 1 aliphatic rings. The Kier molecular flexibility index (Phi) is 14.0. The van der Waals surface area contributed by atoms with E-state index in [0.29, 0.717) is 0 Å². The maximum absolute atomic E-state index is 3.78. The van der Waals surface area contributed by atoms with Crippen LogP contribution in [0.25, 0.3) is 0 Å². The van der Waals surface area contributed by atoms with Crippen molar-refractivity contribution in [1.29, 1.82) is 0 Å². The van der Waals surface area contributed by atoms with Crippen molar-refractivity contribution in [3.63, 3.8) is 0 Å². The van der Waals surface area contributed by atoms with Crippen LogP contribution in [0.3, 0.4) is 0 Å². The molecule has 6 heteroatoms. The van der Waals surface area contributed by atoms with Crippen LogP contribution in [0.1, 0.15) is 6.92 Å². The van der Waals surface area contributed by atoms with E-state index >= 15 is 0 Å². The van der Waals surface area contributed by atoms with Gasteiger partial charge in [-0.15, -0.1) is 0 Å². The van der Waals surface area contributed by atoms with Crippen LogP contribution in [-0.4, -0.2) is 17.0 Å². The van der Waals surface area contributed by atoms with Gasteiger partial charge in [0.05, 0.1) is 11.7 Å². The number of para-hydroxylation sites is 1. The summed E-state index contributed by atoms with van der Waals surface area (Å²) in [6, 6.07) is 17.3. The molecule has 2 heterocycles. The summed E-state index contributed by atoms with van der Waals surface area (Å²) in [5.41, 5.74) is 1.19. The van der Waals surface area contributed by atoms with Crippen LogP contribution in [-0.2, 0) is 20.4 Å². The molecule has 0 atom stereocenters. The summed E-state index contributed by atoms with van der Waals surface area (Å²) in [6.07, 6.45) is 7.68. The number of nitrogens with zero attached hydrogens (tertiary/aromatic N) is 3. The van der Waals surface area contributed by atoms with Gasteiger partial charge in [-0.3, -0.25) is 9.99 Å². The van der Waals surface area contributed by atoms with Gasteiger partial charge in [0.25, 0.3) is 0 Å². The van der Waals surface area contributed by atoms with Gasteiger partial charge >= 0.3 is 0 Å². The molecule has 0 amide bonds. The van der Waals surface area contributed by atoms with E-state index < -0.39 is 0 Å². The number of rotatable bonds is 1. The van der Waals surface area contributed by atoms with Gasteiger partial charge in [0.15, 0.2) is 0 Å². The molecule has 1 radical (unpaired) electrons. The smallest absolute Gasteiger partial charge is 0.0807 e. The third-order valence-electron chi connectivity index (χ3n) is 2.88. The molecule has 0 fully saturated rings. The van der Waals surface area contributed by atoms with Gasteiger partial charge < -0.3 is 34.0 Å². The maximum atomic E-state index is 3.78. The summed E-state index contributed by atoms with van der Waals surface area (Å²) < 4.78 is 0. The molecule has 3 rings (SSSR count). The molecule has 0 unspecified atom stereocenters. The Morgan fingerprint density at radius 1 is 0.864 bits per heavy atom. The minimum absolute atomic E-state index is 0. The predicted molar refractivity (Wildman–Crippen MR) is 79.0 cm³/mol.